The van der Waals surface area contributed by atoms with E-state index in [9.17, 15) is 55.9 Å². The van der Waals surface area contributed by atoms with Crippen molar-refractivity contribution in [1.82, 2.24) is 5.32 Å². The fraction of sp³-hybridized carbons (Fsp3) is 0.981. The Labute approximate surface area is 409 Å². The average Bonchev–Trinajstić information content (AvgIpc) is 3.62. The maximum Gasteiger partial charge on any atom is 0.249 e. The summed E-state index contributed by atoms with van der Waals surface area (Å²) in [5, 5.41) is 109. The third kappa shape index (κ3) is 25.5. The highest BCUT2D eigenvalue weighted by atomic mass is 16.7. The number of carbonyl (C=O) groups excluding carboxylic acids is 1. The van der Waals surface area contributed by atoms with Crippen LogP contribution in [0.1, 0.15) is 219 Å². The van der Waals surface area contributed by atoms with Crippen molar-refractivity contribution in [3.8, 4) is 0 Å². The van der Waals surface area contributed by atoms with Gasteiger partial charge in [0.05, 0.1) is 32.0 Å². The molecule has 16 nitrogen and oxygen atoms in total. The molecule has 14 atom stereocenters. The highest BCUT2D eigenvalue weighted by Gasteiger charge is 2.52. The minimum atomic E-state index is -1.82. The molecule has 0 aromatic carbocycles. The number of hydrogen-bond acceptors (Lipinski definition) is 15. The quantitative estimate of drug-likeness (QED) is 0.0326. The van der Waals surface area contributed by atoms with E-state index < -0.39 is 111 Å². The Morgan fingerprint density at radius 2 is 0.956 bits per heavy atom. The Bertz CT molecular complexity index is 1190. The molecule has 2 fully saturated rings. The van der Waals surface area contributed by atoms with Crippen molar-refractivity contribution in [2.24, 2.45) is 0 Å². The molecule has 0 unspecified atom stereocenters. The van der Waals surface area contributed by atoms with Gasteiger partial charge in [0, 0.05) is 0 Å². The van der Waals surface area contributed by atoms with Crippen LogP contribution in [0.25, 0.3) is 0 Å². The summed E-state index contributed by atoms with van der Waals surface area (Å²) in [6.07, 6.45) is 15.5. The van der Waals surface area contributed by atoms with Crippen LogP contribution in [0.4, 0.5) is 0 Å². The maximum absolute atomic E-state index is 13.4. The summed E-state index contributed by atoms with van der Waals surface area (Å²) in [5.41, 5.74) is 0. The number of carbonyl (C=O) groups is 1. The van der Waals surface area contributed by atoms with Gasteiger partial charge in [-0.25, -0.2) is 0 Å². The van der Waals surface area contributed by atoms with Crippen molar-refractivity contribution < 1.29 is 74.8 Å². The first-order valence-corrected chi connectivity index (χ1v) is 27.5. The number of aliphatic hydroxyl groups excluding tert-OH is 10. The van der Waals surface area contributed by atoms with E-state index >= 15 is 0 Å². The number of aliphatic hydroxyl groups is 10. The SMILES string of the molecule is CCCCCCCCCCCCCCCCCCCC[C@@H](O)C(=O)N[C@@H](CO[C@H]1O[C@H](CO)[C@H](O)[C@H](O[C@@H]2O[C@@H]([C@H](O)CO)[C@H](O)[C@H]2O)[C@H]1O)[C@H](O)[C@H](O)CCCCCCCCCCCCCC. The van der Waals surface area contributed by atoms with Crippen LogP contribution in [0.15, 0.2) is 0 Å². The van der Waals surface area contributed by atoms with E-state index in [1.807, 2.05) is 0 Å². The Morgan fingerprint density at radius 1 is 0.529 bits per heavy atom. The average molecular weight is 980 g/mol. The minimum Gasteiger partial charge on any atom is -0.394 e. The molecule has 0 spiro atoms. The lowest BCUT2D eigenvalue weighted by Gasteiger charge is -2.43. The summed E-state index contributed by atoms with van der Waals surface area (Å²) in [6, 6.07) is -1.28. The van der Waals surface area contributed by atoms with Crippen LogP contribution in [-0.4, -0.2) is 163 Å². The molecule has 16 heteroatoms. The predicted octanol–water partition coefficient (Wildman–Crippen LogP) is 5.72. The van der Waals surface area contributed by atoms with Gasteiger partial charge in [0.25, 0.3) is 0 Å². The van der Waals surface area contributed by atoms with Gasteiger partial charge in [-0.05, 0) is 12.8 Å². The summed E-state index contributed by atoms with van der Waals surface area (Å²) >= 11 is 0. The van der Waals surface area contributed by atoms with Gasteiger partial charge in [0.15, 0.2) is 12.6 Å². The van der Waals surface area contributed by atoms with Crippen LogP contribution in [0.5, 0.6) is 0 Å². The normalized spacial score (nSPS) is 26.4. The van der Waals surface area contributed by atoms with Gasteiger partial charge in [-0.2, -0.15) is 0 Å². The molecule has 2 aliphatic rings. The molecule has 2 rings (SSSR count). The Kier molecular flexibility index (Phi) is 36.6. The lowest BCUT2D eigenvalue weighted by Crippen LogP contribution is -2.62. The number of rotatable bonds is 44. The Balaban J connectivity index is 1.89. The van der Waals surface area contributed by atoms with E-state index in [0.717, 1.165) is 44.9 Å². The van der Waals surface area contributed by atoms with Crippen LogP contribution >= 0.6 is 0 Å². The zero-order chi connectivity index (χ0) is 49.9. The summed E-state index contributed by atoms with van der Waals surface area (Å²) in [5.74, 6) is -0.761. The molecule has 0 radical (unpaired) electrons. The molecule has 2 heterocycles. The first-order valence-electron chi connectivity index (χ1n) is 27.5. The fourth-order valence-electron chi connectivity index (χ4n) is 9.42. The van der Waals surface area contributed by atoms with E-state index in [0.29, 0.717) is 12.8 Å². The summed E-state index contributed by atoms with van der Waals surface area (Å²) < 4.78 is 22.6. The van der Waals surface area contributed by atoms with Gasteiger partial charge in [-0.15, -0.1) is 0 Å². The number of ether oxygens (including phenoxy) is 4. The summed E-state index contributed by atoms with van der Waals surface area (Å²) in [4.78, 5) is 13.4. The number of hydrogen-bond donors (Lipinski definition) is 11. The van der Waals surface area contributed by atoms with E-state index in [4.69, 9.17) is 18.9 Å². The number of amides is 1. The zero-order valence-electron chi connectivity index (χ0n) is 42.3. The fourth-order valence-corrected chi connectivity index (χ4v) is 9.42. The molecule has 11 N–H and O–H groups in total. The zero-order valence-corrected chi connectivity index (χ0v) is 42.3. The molecule has 2 saturated heterocycles. The van der Waals surface area contributed by atoms with Gasteiger partial charge >= 0.3 is 0 Å². The molecule has 0 saturated carbocycles. The van der Waals surface area contributed by atoms with Crippen molar-refractivity contribution in [3.63, 3.8) is 0 Å². The van der Waals surface area contributed by atoms with Crippen molar-refractivity contribution in [1.29, 1.82) is 0 Å². The van der Waals surface area contributed by atoms with Gasteiger partial charge in [-0.1, -0.05) is 206 Å². The van der Waals surface area contributed by atoms with E-state index in [1.54, 1.807) is 0 Å². The molecule has 0 aliphatic carbocycles. The van der Waals surface area contributed by atoms with Crippen LogP contribution < -0.4 is 5.32 Å². The third-order valence-corrected chi connectivity index (χ3v) is 14.0. The molecule has 2 aliphatic heterocycles. The van der Waals surface area contributed by atoms with Crippen LogP contribution in [0, 0.1) is 0 Å². The van der Waals surface area contributed by atoms with Gasteiger partial charge in [0.2, 0.25) is 5.91 Å². The van der Waals surface area contributed by atoms with E-state index in [-0.39, 0.29) is 12.8 Å². The predicted molar refractivity (Wildman–Crippen MR) is 261 cm³/mol. The van der Waals surface area contributed by atoms with Crippen molar-refractivity contribution >= 4 is 5.91 Å². The standard InChI is InChI=1S/C52H101NO15/c1-3-5-7-9-11-13-15-17-18-19-20-21-22-24-26-28-30-32-34-40(57)50(64)53-38(43(59)39(56)33-31-29-27-25-23-16-14-12-10-8-6-4-2)37-65-51-47(63)49(44(60)42(36-55)66-51)68-52-46(62)45(61)48(67-52)41(58)35-54/h38-49,51-52,54-63H,3-37H2,1-2H3,(H,53,64)/t38-,39+,40+,41+,42+,43-,44-,45+,46+,47+,48-,49-,51-,52-/m0/s1. The lowest BCUT2D eigenvalue weighted by molar-refractivity contribution is -0.332. The molecule has 1 amide bonds. The Morgan fingerprint density at radius 3 is 1.38 bits per heavy atom. The minimum absolute atomic E-state index is 0.204. The molecule has 0 aromatic rings. The molecular formula is C52H101NO15. The topological polar surface area (TPSA) is 268 Å². The van der Waals surface area contributed by atoms with Crippen molar-refractivity contribution in [2.45, 2.75) is 305 Å². The third-order valence-electron chi connectivity index (χ3n) is 14.0. The van der Waals surface area contributed by atoms with E-state index in [2.05, 4.69) is 19.2 Å². The van der Waals surface area contributed by atoms with Gasteiger partial charge < -0.3 is 75.3 Å². The van der Waals surface area contributed by atoms with Crippen LogP contribution in [-0.2, 0) is 23.7 Å². The summed E-state index contributed by atoms with van der Waals surface area (Å²) in [7, 11) is 0. The second kappa shape index (κ2) is 39.4. The smallest absolute Gasteiger partial charge is 0.249 e. The van der Waals surface area contributed by atoms with Crippen LogP contribution in [0.2, 0.25) is 0 Å². The largest absolute Gasteiger partial charge is 0.394 e. The molecule has 68 heavy (non-hydrogen) atoms. The van der Waals surface area contributed by atoms with Gasteiger partial charge in [0.1, 0.15) is 61.0 Å². The second-order valence-electron chi connectivity index (χ2n) is 20.0. The molecular weight excluding hydrogens is 879 g/mol. The molecule has 404 valence electrons. The lowest BCUT2D eigenvalue weighted by atomic mass is 9.98. The first kappa shape index (κ1) is 63.0. The summed E-state index contributed by atoms with van der Waals surface area (Å²) in [6.45, 7) is 2.38. The monoisotopic (exact) mass is 980 g/mol. The molecule has 0 bridgehead atoms. The van der Waals surface area contributed by atoms with Crippen molar-refractivity contribution in [3.05, 3.63) is 0 Å². The second-order valence-corrected chi connectivity index (χ2v) is 20.0. The van der Waals surface area contributed by atoms with E-state index in [1.165, 1.54) is 135 Å². The van der Waals surface area contributed by atoms with Crippen molar-refractivity contribution in [2.75, 3.05) is 19.8 Å². The highest BCUT2D eigenvalue weighted by molar-refractivity contribution is 5.80. The van der Waals surface area contributed by atoms with Crippen LogP contribution in [0.3, 0.4) is 0 Å². The first-order chi connectivity index (χ1) is 32.9. The number of unbranched alkanes of at least 4 members (excludes halogenated alkanes) is 28. The van der Waals surface area contributed by atoms with Gasteiger partial charge in [-0.3, -0.25) is 4.79 Å². The maximum atomic E-state index is 13.4. The number of nitrogens with one attached hydrogen (secondary N) is 1. The highest BCUT2D eigenvalue weighted by Crippen LogP contribution is 2.31. The molecule has 0 aromatic heterocycles. The Hall–Kier alpha value is -1.09.